The molecule has 4 aromatic rings. The van der Waals surface area contributed by atoms with Crippen molar-refractivity contribution in [1.82, 2.24) is 0 Å². The largest absolute Gasteiger partial charge is 0.456 e. The van der Waals surface area contributed by atoms with Gasteiger partial charge < -0.3 is 4.42 Å². The third-order valence-electron chi connectivity index (χ3n) is 5.29. The topological polar surface area (TPSA) is 13.1 Å². The molecule has 1 aliphatic rings. The predicted molar refractivity (Wildman–Crippen MR) is 112 cm³/mol. The first-order valence-electron chi connectivity index (χ1n) is 9.34. The molecule has 0 saturated carbocycles. The van der Waals surface area contributed by atoms with Crippen LogP contribution in [0, 0.1) is 6.92 Å². The van der Waals surface area contributed by atoms with Gasteiger partial charge in [-0.2, -0.15) is 0 Å². The zero-order valence-electron chi connectivity index (χ0n) is 15.8. The fourth-order valence-electron chi connectivity index (χ4n) is 3.94. The summed E-state index contributed by atoms with van der Waals surface area (Å²) >= 11 is 0. The molecule has 0 aliphatic heterocycles. The third kappa shape index (κ3) is 3.38. The minimum Gasteiger partial charge on any atom is -0.456 e. The van der Waals surface area contributed by atoms with Gasteiger partial charge in [0.2, 0.25) is 0 Å². The maximum absolute atomic E-state index is 6.19. The van der Waals surface area contributed by atoms with Crippen LogP contribution in [0.15, 0.2) is 89.3 Å². The van der Waals surface area contributed by atoms with E-state index < -0.39 is 0 Å². The van der Waals surface area contributed by atoms with Crippen LogP contribution in [-0.4, -0.2) is 0 Å². The molecule has 3 aromatic carbocycles. The SMILES string of the molecule is Cc1ccc2c(c1-c1ccccc1)C=C(c1ccc(-c3ccccc3)o1)C2.[Zr]. The minimum atomic E-state index is 0. The van der Waals surface area contributed by atoms with Crippen LogP contribution < -0.4 is 0 Å². The first-order chi connectivity index (χ1) is 13.3. The average molecular weight is 440 g/mol. The van der Waals surface area contributed by atoms with E-state index in [0.717, 1.165) is 23.5 Å². The number of hydrogen-bond donors (Lipinski definition) is 0. The first-order valence-corrected chi connectivity index (χ1v) is 9.34. The Balaban J connectivity index is 0.00000192. The van der Waals surface area contributed by atoms with Gasteiger partial charge in [0.05, 0.1) is 0 Å². The van der Waals surface area contributed by atoms with Gasteiger partial charge in [0, 0.05) is 38.2 Å². The fourth-order valence-corrected chi connectivity index (χ4v) is 3.94. The van der Waals surface area contributed by atoms with E-state index in [1.807, 2.05) is 18.2 Å². The molecule has 1 aromatic heterocycles. The van der Waals surface area contributed by atoms with Gasteiger partial charge in [-0.1, -0.05) is 72.8 Å². The van der Waals surface area contributed by atoms with Crippen molar-refractivity contribution in [3.05, 3.63) is 107 Å². The van der Waals surface area contributed by atoms with Crippen LogP contribution in [0.3, 0.4) is 0 Å². The molecule has 1 nitrogen and oxygen atoms in total. The molecule has 1 heterocycles. The van der Waals surface area contributed by atoms with Crippen molar-refractivity contribution in [3.63, 3.8) is 0 Å². The van der Waals surface area contributed by atoms with Gasteiger partial charge in [-0.15, -0.1) is 0 Å². The van der Waals surface area contributed by atoms with E-state index >= 15 is 0 Å². The van der Waals surface area contributed by atoms with Gasteiger partial charge in [0.1, 0.15) is 11.5 Å². The van der Waals surface area contributed by atoms with E-state index in [1.54, 1.807) is 0 Å². The van der Waals surface area contributed by atoms with E-state index in [0.29, 0.717) is 0 Å². The Morgan fingerprint density at radius 2 is 1.32 bits per heavy atom. The van der Waals surface area contributed by atoms with E-state index in [9.17, 15) is 0 Å². The summed E-state index contributed by atoms with van der Waals surface area (Å²) in [5, 5.41) is 0. The average Bonchev–Trinajstić information content (AvgIpc) is 3.36. The second kappa shape index (κ2) is 7.89. The quantitative estimate of drug-likeness (QED) is 0.334. The van der Waals surface area contributed by atoms with Gasteiger partial charge in [0.15, 0.2) is 0 Å². The Hall–Kier alpha value is -2.44. The normalized spacial score (nSPS) is 12.2. The van der Waals surface area contributed by atoms with Crippen molar-refractivity contribution in [2.24, 2.45) is 0 Å². The molecule has 0 N–H and O–H groups in total. The zero-order chi connectivity index (χ0) is 18.2. The molecular formula is C26H20OZr. The maximum atomic E-state index is 6.19. The van der Waals surface area contributed by atoms with Crippen LogP contribution in [0.25, 0.3) is 34.1 Å². The Morgan fingerprint density at radius 3 is 2.04 bits per heavy atom. The molecule has 0 unspecified atom stereocenters. The van der Waals surface area contributed by atoms with Crippen LogP contribution >= 0.6 is 0 Å². The Morgan fingerprint density at radius 1 is 0.679 bits per heavy atom. The molecule has 2 heteroatoms. The molecule has 0 fully saturated rings. The third-order valence-corrected chi connectivity index (χ3v) is 5.29. The van der Waals surface area contributed by atoms with Crippen LogP contribution in [-0.2, 0) is 32.6 Å². The smallest absolute Gasteiger partial charge is 0.134 e. The molecular weight excluding hydrogens is 420 g/mol. The van der Waals surface area contributed by atoms with Crippen molar-refractivity contribution < 1.29 is 30.6 Å². The van der Waals surface area contributed by atoms with Crippen molar-refractivity contribution >= 4 is 11.6 Å². The van der Waals surface area contributed by atoms with Gasteiger partial charge in [-0.25, -0.2) is 0 Å². The molecule has 5 rings (SSSR count). The summed E-state index contributed by atoms with van der Waals surface area (Å²) in [6.45, 7) is 2.19. The van der Waals surface area contributed by atoms with Gasteiger partial charge in [0.25, 0.3) is 0 Å². The second-order valence-corrected chi connectivity index (χ2v) is 7.07. The zero-order valence-corrected chi connectivity index (χ0v) is 18.2. The van der Waals surface area contributed by atoms with Crippen LogP contribution in [0.4, 0.5) is 0 Å². The van der Waals surface area contributed by atoms with E-state index in [4.69, 9.17) is 4.42 Å². The Bertz CT molecular complexity index is 1140. The summed E-state index contributed by atoms with van der Waals surface area (Å²) in [5.41, 5.74) is 8.96. The number of aryl methyl sites for hydroxylation is 1. The standard InChI is InChI=1S/C26H20O.Zr/c1-18-12-13-21-16-22(17-23(21)26(18)20-10-6-3-7-11-20)25-15-14-24(27-25)19-8-4-2-5-9-19;/h2-15,17H,16H2,1H3;. The molecule has 134 valence electrons. The van der Waals surface area contributed by atoms with Gasteiger partial charge >= 0.3 is 0 Å². The Kier molecular flexibility index (Phi) is 5.33. The molecule has 0 atom stereocenters. The molecule has 1 aliphatic carbocycles. The van der Waals surface area contributed by atoms with Gasteiger partial charge in [-0.3, -0.25) is 0 Å². The Labute approximate surface area is 184 Å². The molecule has 0 bridgehead atoms. The number of fused-ring (bicyclic) bond motifs is 1. The van der Waals surface area contributed by atoms with Crippen molar-refractivity contribution in [3.8, 4) is 22.5 Å². The van der Waals surface area contributed by atoms with E-state index in [1.165, 1.54) is 33.4 Å². The summed E-state index contributed by atoms with van der Waals surface area (Å²) in [6.07, 6.45) is 3.22. The summed E-state index contributed by atoms with van der Waals surface area (Å²) < 4.78 is 6.19. The molecule has 0 radical (unpaired) electrons. The maximum Gasteiger partial charge on any atom is 0.134 e. The van der Waals surface area contributed by atoms with Crippen molar-refractivity contribution in [2.75, 3.05) is 0 Å². The fraction of sp³-hybridized carbons (Fsp3) is 0.0769. The minimum absolute atomic E-state index is 0. The van der Waals surface area contributed by atoms with Crippen molar-refractivity contribution in [2.45, 2.75) is 13.3 Å². The second-order valence-electron chi connectivity index (χ2n) is 7.07. The summed E-state index contributed by atoms with van der Waals surface area (Å²) in [4.78, 5) is 0. The van der Waals surface area contributed by atoms with Gasteiger partial charge in [-0.05, 0) is 58.5 Å². The monoisotopic (exact) mass is 438 g/mol. The number of allylic oxidation sites excluding steroid dienone is 1. The first kappa shape index (κ1) is 18.9. The van der Waals surface area contributed by atoms with Crippen LogP contribution in [0.2, 0.25) is 0 Å². The number of furan rings is 1. The van der Waals surface area contributed by atoms with Crippen LogP contribution in [0.5, 0.6) is 0 Å². The number of rotatable bonds is 3. The molecule has 0 saturated heterocycles. The molecule has 0 amide bonds. The number of benzene rings is 3. The van der Waals surface area contributed by atoms with Crippen molar-refractivity contribution in [1.29, 1.82) is 0 Å². The molecule has 28 heavy (non-hydrogen) atoms. The van der Waals surface area contributed by atoms with E-state index in [2.05, 4.69) is 79.7 Å². The predicted octanol–water partition coefficient (Wildman–Crippen LogP) is 7.02. The summed E-state index contributed by atoms with van der Waals surface area (Å²) in [6, 6.07) is 29.6. The van der Waals surface area contributed by atoms with E-state index in [-0.39, 0.29) is 26.2 Å². The summed E-state index contributed by atoms with van der Waals surface area (Å²) in [5.74, 6) is 1.88. The molecule has 0 spiro atoms. The summed E-state index contributed by atoms with van der Waals surface area (Å²) in [7, 11) is 0. The van der Waals surface area contributed by atoms with Crippen LogP contribution in [0.1, 0.15) is 22.5 Å². The number of hydrogen-bond acceptors (Lipinski definition) is 1.